The van der Waals surface area contributed by atoms with Gasteiger partial charge < -0.3 is 20.4 Å². The summed E-state index contributed by atoms with van der Waals surface area (Å²) in [6.45, 7) is 5.84. The Balaban J connectivity index is 0.000000303. The first kappa shape index (κ1) is 26.7. The summed E-state index contributed by atoms with van der Waals surface area (Å²) in [4.78, 5) is 37.1. The molecule has 0 spiro atoms. The summed E-state index contributed by atoms with van der Waals surface area (Å²) in [6.07, 6.45) is 4.99. The van der Waals surface area contributed by atoms with Crippen LogP contribution in [0.5, 0.6) is 5.75 Å². The maximum Gasteiger partial charge on any atom is 0.336 e. The number of terminal acetylenes is 1. The first-order valence-corrected chi connectivity index (χ1v) is 11.1. The number of carboxylic acid groups (broad SMARTS) is 1. The van der Waals surface area contributed by atoms with Gasteiger partial charge in [0.25, 0.3) is 5.91 Å². The van der Waals surface area contributed by atoms with Crippen LogP contribution in [0.3, 0.4) is 0 Å². The molecule has 7 heteroatoms. The summed E-state index contributed by atoms with van der Waals surface area (Å²) in [7, 11) is 0. The highest BCUT2D eigenvalue weighted by Crippen LogP contribution is 2.27. The lowest BCUT2D eigenvalue weighted by Crippen LogP contribution is -2.23. The second-order valence-corrected chi connectivity index (χ2v) is 7.31. The Labute approximate surface area is 205 Å². The van der Waals surface area contributed by atoms with Crippen molar-refractivity contribution in [2.45, 2.75) is 13.8 Å². The predicted molar refractivity (Wildman–Crippen MR) is 136 cm³/mol. The summed E-state index contributed by atoms with van der Waals surface area (Å²) in [5.74, 6) is 0.372. The fraction of sp³-hybridized carbons (Fsp3) is 0.179. The largest absolute Gasteiger partial charge is 0.507 e. The van der Waals surface area contributed by atoms with Crippen LogP contribution in [-0.4, -0.2) is 47.5 Å². The molecule has 0 heterocycles. The Morgan fingerprint density at radius 2 is 1.49 bits per heavy atom. The molecule has 3 aromatic rings. The molecule has 1 amide bonds. The van der Waals surface area contributed by atoms with Crippen LogP contribution in [0.15, 0.2) is 72.8 Å². The number of carboxylic acids is 1. The Morgan fingerprint density at radius 1 is 0.886 bits per heavy atom. The van der Waals surface area contributed by atoms with Gasteiger partial charge in [0.05, 0.1) is 17.7 Å². The molecule has 0 atom stereocenters. The van der Waals surface area contributed by atoms with E-state index in [-0.39, 0.29) is 34.9 Å². The molecule has 0 aromatic heterocycles. The number of phenolic OH excluding ortho intramolecular Hbond substituents is 1. The number of carbonyl (C=O) groups excluding carboxylic acids is 2. The van der Waals surface area contributed by atoms with E-state index in [1.165, 1.54) is 24.3 Å². The van der Waals surface area contributed by atoms with Crippen molar-refractivity contribution < 1.29 is 24.6 Å². The maximum atomic E-state index is 12.6. The van der Waals surface area contributed by atoms with Gasteiger partial charge in [-0.05, 0) is 44.2 Å². The molecule has 0 aliphatic heterocycles. The van der Waals surface area contributed by atoms with Gasteiger partial charge in [0.2, 0.25) is 0 Å². The van der Waals surface area contributed by atoms with E-state index in [1.807, 2.05) is 36.9 Å². The third-order valence-corrected chi connectivity index (χ3v) is 5.14. The van der Waals surface area contributed by atoms with E-state index in [4.69, 9.17) is 6.42 Å². The molecule has 0 saturated carbocycles. The molecule has 35 heavy (non-hydrogen) atoms. The highest BCUT2D eigenvalue weighted by atomic mass is 16.4. The Morgan fingerprint density at radius 3 is 2.03 bits per heavy atom. The number of aromatic carboxylic acids is 1. The minimum Gasteiger partial charge on any atom is -0.507 e. The lowest BCUT2D eigenvalue weighted by molar-refractivity contribution is 0.0692. The smallest absolute Gasteiger partial charge is 0.336 e. The molecule has 3 N–H and O–H groups in total. The number of anilines is 1. The number of rotatable bonds is 8. The second kappa shape index (κ2) is 13.2. The van der Waals surface area contributed by atoms with Gasteiger partial charge in [0, 0.05) is 36.0 Å². The molecule has 3 rings (SSSR count). The molecule has 7 nitrogen and oxygen atoms in total. The zero-order valence-corrected chi connectivity index (χ0v) is 19.7. The van der Waals surface area contributed by atoms with Crippen LogP contribution >= 0.6 is 0 Å². The molecule has 3 aromatic carbocycles. The number of amides is 1. The van der Waals surface area contributed by atoms with Crippen LogP contribution in [-0.2, 0) is 0 Å². The fourth-order valence-electron chi connectivity index (χ4n) is 3.33. The first-order chi connectivity index (χ1) is 16.8. The molecule has 0 bridgehead atoms. The van der Waals surface area contributed by atoms with E-state index in [9.17, 15) is 24.6 Å². The number of ketones is 1. The number of nitrogens with one attached hydrogen (secondary N) is 1. The van der Waals surface area contributed by atoms with Crippen molar-refractivity contribution in [1.29, 1.82) is 0 Å². The van der Waals surface area contributed by atoms with Crippen LogP contribution in [0.25, 0.3) is 0 Å². The normalized spacial score (nSPS) is 9.74. The number of hydrogen-bond acceptors (Lipinski definition) is 5. The molecule has 0 radical (unpaired) electrons. The SMILES string of the molecule is C#CCNC(=O)c1ccccc1.CCN(CC)c1ccc(C(=O)c2ccccc2C(=O)O)c(O)c1. The predicted octanol–water partition coefficient (Wildman–Crippen LogP) is 4.22. The average molecular weight is 473 g/mol. The third-order valence-electron chi connectivity index (χ3n) is 5.14. The van der Waals surface area contributed by atoms with E-state index in [2.05, 4.69) is 11.2 Å². The van der Waals surface area contributed by atoms with E-state index in [0.29, 0.717) is 5.56 Å². The molecule has 0 aliphatic carbocycles. The second-order valence-electron chi connectivity index (χ2n) is 7.31. The number of carbonyl (C=O) groups is 3. The molecule has 0 unspecified atom stereocenters. The molecular weight excluding hydrogens is 444 g/mol. The van der Waals surface area contributed by atoms with Gasteiger partial charge in [-0.2, -0.15) is 0 Å². The van der Waals surface area contributed by atoms with Crippen LogP contribution in [0, 0.1) is 12.3 Å². The lowest BCUT2D eigenvalue weighted by Gasteiger charge is -2.21. The standard InChI is InChI=1S/C18H19NO4.C10H9NO/c1-3-19(4-2)12-9-10-15(16(20)11-12)17(21)13-7-5-6-8-14(13)18(22)23;1-2-8-11-10(12)9-6-4-3-5-7-9/h5-11,20H,3-4H2,1-2H3,(H,22,23);1,3-7H,8H2,(H,11,12). The summed E-state index contributed by atoms with van der Waals surface area (Å²) < 4.78 is 0. The van der Waals surface area contributed by atoms with Crippen molar-refractivity contribution in [3.8, 4) is 18.1 Å². The van der Waals surface area contributed by atoms with E-state index < -0.39 is 11.8 Å². The summed E-state index contributed by atoms with van der Waals surface area (Å²) in [5.41, 5.74) is 1.52. The highest BCUT2D eigenvalue weighted by molar-refractivity contribution is 6.15. The highest BCUT2D eigenvalue weighted by Gasteiger charge is 2.20. The summed E-state index contributed by atoms with van der Waals surface area (Å²) in [6, 6.07) is 19.8. The molecule has 0 fully saturated rings. The van der Waals surface area contributed by atoms with Crippen LogP contribution < -0.4 is 10.2 Å². The van der Waals surface area contributed by atoms with Gasteiger partial charge in [0.1, 0.15) is 5.75 Å². The number of hydrogen-bond donors (Lipinski definition) is 3. The quantitative estimate of drug-likeness (QED) is 0.335. The Kier molecular flexibility index (Phi) is 10.1. The van der Waals surface area contributed by atoms with Crippen LogP contribution in [0.4, 0.5) is 5.69 Å². The minimum absolute atomic E-state index is 0.0610. The van der Waals surface area contributed by atoms with Crippen molar-refractivity contribution in [3.05, 3.63) is 95.1 Å². The number of benzene rings is 3. The number of nitrogens with zero attached hydrogens (tertiary/aromatic N) is 1. The Hall–Kier alpha value is -4.57. The average Bonchev–Trinajstić information content (AvgIpc) is 2.88. The van der Waals surface area contributed by atoms with Crippen molar-refractivity contribution in [2.24, 2.45) is 0 Å². The minimum atomic E-state index is -1.17. The van der Waals surface area contributed by atoms with Gasteiger partial charge in [-0.3, -0.25) is 9.59 Å². The zero-order valence-electron chi connectivity index (χ0n) is 19.7. The van der Waals surface area contributed by atoms with Crippen molar-refractivity contribution in [3.63, 3.8) is 0 Å². The van der Waals surface area contributed by atoms with Gasteiger partial charge in [-0.15, -0.1) is 6.42 Å². The molecular formula is C28H28N2O5. The Bertz CT molecular complexity index is 1210. The van der Waals surface area contributed by atoms with E-state index in [1.54, 1.807) is 30.3 Å². The van der Waals surface area contributed by atoms with Crippen LogP contribution in [0.2, 0.25) is 0 Å². The van der Waals surface area contributed by atoms with Crippen LogP contribution in [0.1, 0.15) is 50.5 Å². The monoisotopic (exact) mass is 472 g/mol. The zero-order chi connectivity index (χ0) is 25.8. The van der Waals surface area contributed by atoms with E-state index in [0.717, 1.165) is 18.8 Å². The molecule has 0 aliphatic rings. The van der Waals surface area contributed by atoms with Crippen molar-refractivity contribution in [1.82, 2.24) is 5.32 Å². The van der Waals surface area contributed by atoms with E-state index >= 15 is 0 Å². The van der Waals surface area contributed by atoms with Crippen molar-refractivity contribution >= 4 is 23.3 Å². The first-order valence-electron chi connectivity index (χ1n) is 11.1. The summed E-state index contributed by atoms with van der Waals surface area (Å²) >= 11 is 0. The molecule has 180 valence electrons. The number of phenols is 1. The lowest BCUT2D eigenvalue weighted by atomic mass is 9.97. The van der Waals surface area contributed by atoms with Gasteiger partial charge in [0.15, 0.2) is 5.78 Å². The van der Waals surface area contributed by atoms with Gasteiger partial charge >= 0.3 is 5.97 Å². The van der Waals surface area contributed by atoms with Gasteiger partial charge in [-0.1, -0.05) is 42.3 Å². The fourth-order valence-corrected chi connectivity index (χ4v) is 3.33. The topological polar surface area (TPSA) is 107 Å². The third kappa shape index (κ3) is 7.21. The number of aromatic hydroxyl groups is 1. The molecule has 0 saturated heterocycles. The summed E-state index contributed by atoms with van der Waals surface area (Å²) in [5, 5.41) is 22.0. The van der Waals surface area contributed by atoms with Crippen molar-refractivity contribution in [2.75, 3.05) is 24.5 Å². The maximum absolute atomic E-state index is 12.6. The van der Waals surface area contributed by atoms with Gasteiger partial charge in [-0.25, -0.2) is 4.79 Å².